The third-order valence-electron chi connectivity index (χ3n) is 2.95. The Hall–Kier alpha value is -1.88. The van der Waals surface area contributed by atoms with E-state index in [4.69, 9.17) is 5.73 Å². The lowest BCUT2D eigenvalue weighted by molar-refractivity contribution is -0.143. The van der Waals surface area contributed by atoms with Gasteiger partial charge in [0.2, 0.25) is 11.8 Å². The lowest BCUT2D eigenvalue weighted by atomic mass is 10.1. The SMILES string of the molecule is CN1C(=O)CN(c2ccccc2CN)CC1=O. The van der Waals surface area contributed by atoms with Crippen molar-refractivity contribution in [1.82, 2.24) is 4.90 Å². The van der Waals surface area contributed by atoms with Crippen LogP contribution >= 0.6 is 0 Å². The summed E-state index contributed by atoms with van der Waals surface area (Å²) in [5.41, 5.74) is 7.45. The lowest BCUT2D eigenvalue weighted by Crippen LogP contribution is -2.52. The number of nitrogens with two attached hydrogens (primary N) is 1. The maximum atomic E-state index is 11.6. The highest BCUT2D eigenvalue weighted by Gasteiger charge is 2.28. The van der Waals surface area contributed by atoms with Crippen LogP contribution in [0, 0.1) is 0 Å². The number of piperazine rings is 1. The molecule has 1 aliphatic heterocycles. The molecule has 0 aliphatic carbocycles. The predicted molar refractivity (Wildman–Crippen MR) is 64.3 cm³/mol. The Morgan fingerprint density at radius 2 is 1.76 bits per heavy atom. The van der Waals surface area contributed by atoms with Crippen molar-refractivity contribution < 1.29 is 9.59 Å². The molecule has 1 fully saturated rings. The van der Waals surface area contributed by atoms with Gasteiger partial charge in [0.25, 0.3) is 0 Å². The maximum Gasteiger partial charge on any atom is 0.248 e. The summed E-state index contributed by atoms with van der Waals surface area (Å²) in [5, 5.41) is 0. The Morgan fingerprint density at radius 3 is 2.35 bits per heavy atom. The Bertz CT molecular complexity index is 441. The van der Waals surface area contributed by atoms with Crippen LogP contribution in [0.25, 0.3) is 0 Å². The largest absolute Gasteiger partial charge is 0.353 e. The van der Waals surface area contributed by atoms with Crippen molar-refractivity contribution in [2.24, 2.45) is 5.73 Å². The summed E-state index contributed by atoms with van der Waals surface area (Å²) in [6.45, 7) is 0.837. The smallest absolute Gasteiger partial charge is 0.248 e. The number of likely N-dealkylation sites (N-methyl/N-ethyl adjacent to an activating group) is 1. The zero-order chi connectivity index (χ0) is 12.4. The molecule has 0 unspecified atom stereocenters. The number of benzene rings is 1. The van der Waals surface area contributed by atoms with Crippen molar-refractivity contribution in [1.29, 1.82) is 0 Å². The molecule has 2 rings (SSSR count). The fourth-order valence-electron chi connectivity index (χ4n) is 1.90. The molecule has 5 heteroatoms. The molecule has 1 aromatic rings. The van der Waals surface area contributed by atoms with Crippen molar-refractivity contribution in [3.63, 3.8) is 0 Å². The van der Waals surface area contributed by atoms with E-state index in [0.717, 1.165) is 11.3 Å². The molecule has 1 heterocycles. The zero-order valence-corrected chi connectivity index (χ0v) is 9.72. The average Bonchev–Trinajstić information content (AvgIpc) is 2.35. The van der Waals surface area contributed by atoms with Crippen LogP contribution in [0.4, 0.5) is 5.69 Å². The van der Waals surface area contributed by atoms with E-state index in [1.165, 1.54) is 11.9 Å². The van der Waals surface area contributed by atoms with Gasteiger partial charge in [-0.3, -0.25) is 14.5 Å². The van der Waals surface area contributed by atoms with Crippen LogP contribution in [0.1, 0.15) is 5.56 Å². The number of anilines is 1. The van der Waals surface area contributed by atoms with E-state index in [2.05, 4.69) is 0 Å². The molecule has 1 aromatic carbocycles. The number of carbonyl (C=O) groups is 2. The zero-order valence-electron chi connectivity index (χ0n) is 9.72. The molecular formula is C12H15N3O2. The summed E-state index contributed by atoms with van der Waals surface area (Å²) in [5.74, 6) is -0.374. The molecule has 2 N–H and O–H groups in total. The number of hydrogen-bond acceptors (Lipinski definition) is 4. The fraction of sp³-hybridized carbons (Fsp3) is 0.333. The average molecular weight is 233 g/mol. The molecule has 5 nitrogen and oxygen atoms in total. The maximum absolute atomic E-state index is 11.6. The molecular weight excluding hydrogens is 218 g/mol. The van der Waals surface area contributed by atoms with E-state index < -0.39 is 0 Å². The number of carbonyl (C=O) groups excluding carboxylic acids is 2. The fourth-order valence-corrected chi connectivity index (χ4v) is 1.90. The van der Waals surface area contributed by atoms with Gasteiger partial charge in [0.15, 0.2) is 0 Å². The first-order valence-electron chi connectivity index (χ1n) is 5.45. The minimum Gasteiger partial charge on any atom is -0.353 e. The van der Waals surface area contributed by atoms with Crippen LogP contribution in [0.5, 0.6) is 0 Å². The second-order valence-corrected chi connectivity index (χ2v) is 4.04. The standard InChI is InChI=1S/C12H15N3O2/c1-14-11(16)7-15(8-12(14)17)10-5-3-2-4-9(10)6-13/h2-5H,6-8,13H2,1H3. The molecule has 90 valence electrons. The van der Waals surface area contributed by atoms with Crippen LogP contribution in [-0.2, 0) is 16.1 Å². The van der Waals surface area contributed by atoms with Gasteiger partial charge in [0, 0.05) is 19.3 Å². The van der Waals surface area contributed by atoms with Crippen molar-refractivity contribution in [2.45, 2.75) is 6.54 Å². The third-order valence-corrected chi connectivity index (χ3v) is 2.95. The van der Waals surface area contributed by atoms with E-state index in [-0.39, 0.29) is 24.9 Å². The molecule has 0 bridgehead atoms. The quantitative estimate of drug-likeness (QED) is 0.727. The van der Waals surface area contributed by atoms with Crippen LogP contribution in [0.15, 0.2) is 24.3 Å². The van der Waals surface area contributed by atoms with Crippen molar-refractivity contribution in [2.75, 3.05) is 25.0 Å². The van der Waals surface area contributed by atoms with Crippen LogP contribution in [0.2, 0.25) is 0 Å². The van der Waals surface area contributed by atoms with Gasteiger partial charge >= 0.3 is 0 Å². The normalized spacial score (nSPS) is 16.6. The first-order valence-corrected chi connectivity index (χ1v) is 5.45. The minimum absolute atomic E-state index is 0.187. The van der Waals surface area contributed by atoms with Crippen LogP contribution < -0.4 is 10.6 Å². The number of para-hydroxylation sites is 1. The van der Waals surface area contributed by atoms with Gasteiger partial charge in [-0.15, -0.1) is 0 Å². The van der Waals surface area contributed by atoms with Crippen LogP contribution in [0.3, 0.4) is 0 Å². The van der Waals surface area contributed by atoms with E-state index in [9.17, 15) is 9.59 Å². The number of amides is 2. The second-order valence-electron chi connectivity index (χ2n) is 4.04. The first kappa shape index (κ1) is 11.6. The number of nitrogens with zero attached hydrogens (tertiary/aromatic N) is 2. The molecule has 1 saturated heterocycles. The Kier molecular flexibility index (Phi) is 3.10. The monoisotopic (exact) mass is 233 g/mol. The topological polar surface area (TPSA) is 66.6 Å². The number of imide groups is 1. The summed E-state index contributed by atoms with van der Waals surface area (Å²) in [6.07, 6.45) is 0. The summed E-state index contributed by atoms with van der Waals surface area (Å²) < 4.78 is 0. The molecule has 0 atom stereocenters. The van der Waals surface area contributed by atoms with Crippen molar-refractivity contribution >= 4 is 17.5 Å². The van der Waals surface area contributed by atoms with Crippen molar-refractivity contribution in [3.05, 3.63) is 29.8 Å². The highest BCUT2D eigenvalue weighted by Crippen LogP contribution is 2.21. The van der Waals surface area contributed by atoms with E-state index in [1.807, 2.05) is 24.3 Å². The Morgan fingerprint density at radius 1 is 1.18 bits per heavy atom. The minimum atomic E-state index is -0.187. The van der Waals surface area contributed by atoms with E-state index >= 15 is 0 Å². The highest BCUT2D eigenvalue weighted by molar-refractivity contribution is 6.02. The predicted octanol–water partition coefficient (Wildman–Crippen LogP) is -0.0497. The molecule has 0 spiro atoms. The summed E-state index contributed by atoms with van der Waals surface area (Å²) in [4.78, 5) is 26.2. The third kappa shape index (κ3) is 2.14. The van der Waals surface area contributed by atoms with E-state index in [0.29, 0.717) is 6.54 Å². The first-order chi connectivity index (χ1) is 8.13. The molecule has 2 amide bonds. The molecule has 17 heavy (non-hydrogen) atoms. The molecule has 0 aromatic heterocycles. The van der Waals surface area contributed by atoms with Gasteiger partial charge in [0.05, 0.1) is 13.1 Å². The molecule has 0 saturated carbocycles. The van der Waals surface area contributed by atoms with Gasteiger partial charge < -0.3 is 10.6 Å². The number of rotatable bonds is 2. The van der Waals surface area contributed by atoms with E-state index in [1.54, 1.807) is 4.90 Å². The van der Waals surface area contributed by atoms with Crippen molar-refractivity contribution in [3.8, 4) is 0 Å². The second kappa shape index (κ2) is 4.55. The lowest BCUT2D eigenvalue weighted by Gasteiger charge is -2.33. The van der Waals surface area contributed by atoms with Gasteiger partial charge in [-0.05, 0) is 11.6 Å². The number of hydrogen-bond donors (Lipinski definition) is 1. The Labute approximate surface area is 99.8 Å². The summed E-state index contributed by atoms with van der Waals surface area (Å²) >= 11 is 0. The molecule has 1 aliphatic rings. The van der Waals surface area contributed by atoms with Gasteiger partial charge in [-0.2, -0.15) is 0 Å². The molecule has 0 radical (unpaired) electrons. The summed E-state index contributed by atoms with van der Waals surface area (Å²) in [7, 11) is 1.51. The van der Waals surface area contributed by atoms with Crippen LogP contribution in [-0.4, -0.2) is 36.9 Å². The highest BCUT2D eigenvalue weighted by atomic mass is 16.2. The Balaban J connectivity index is 2.29. The summed E-state index contributed by atoms with van der Waals surface area (Å²) in [6, 6.07) is 7.56. The van der Waals surface area contributed by atoms with Gasteiger partial charge in [-0.1, -0.05) is 18.2 Å². The van der Waals surface area contributed by atoms with Gasteiger partial charge in [-0.25, -0.2) is 0 Å². The van der Waals surface area contributed by atoms with Gasteiger partial charge in [0.1, 0.15) is 0 Å².